The summed E-state index contributed by atoms with van der Waals surface area (Å²) in [6.07, 6.45) is 1.43. The van der Waals surface area contributed by atoms with E-state index in [1.807, 2.05) is 0 Å². The van der Waals surface area contributed by atoms with Crippen molar-refractivity contribution in [3.8, 4) is 0 Å². The second kappa shape index (κ2) is 4.78. The third-order valence-corrected chi connectivity index (χ3v) is 2.49. The number of hydrogen-bond donors (Lipinski definition) is 3. The van der Waals surface area contributed by atoms with Crippen LogP contribution in [-0.2, 0) is 13.1 Å². The van der Waals surface area contributed by atoms with Crippen LogP contribution < -0.4 is 22.3 Å². The highest BCUT2D eigenvalue weighted by Gasteiger charge is 2.11. The van der Waals surface area contributed by atoms with E-state index < -0.39 is 11.2 Å². The Hall–Kier alpha value is -2.51. The average Bonchev–Trinajstić information content (AvgIpc) is 2.81. The first-order valence-corrected chi connectivity index (χ1v) is 5.39. The van der Waals surface area contributed by atoms with Gasteiger partial charge in [-0.2, -0.15) is 0 Å². The fraction of sp³-hybridized carbons (Fsp3) is 0.300. The van der Waals surface area contributed by atoms with E-state index in [0.29, 0.717) is 12.2 Å². The van der Waals surface area contributed by atoms with Crippen LogP contribution in [0.4, 0.5) is 11.5 Å². The van der Waals surface area contributed by atoms with E-state index in [4.69, 9.17) is 5.73 Å². The second-order valence-electron chi connectivity index (χ2n) is 3.61. The van der Waals surface area contributed by atoms with Crippen molar-refractivity contribution in [2.24, 2.45) is 0 Å². The molecule has 2 rings (SSSR count). The summed E-state index contributed by atoms with van der Waals surface area (Å²) in [5.41, 5.74) is 5.48. The summed E-state index contributed by atoms with van der Waals surface area (Å²) < 4.78 is 5.94. The molecule has 0 saturated carbocycles. The summed E-state index contributed by atoms with van der Waals surface area (Å²) in [6, 6.07) is 1.66. The van der Waals surface area contributed by atoms with Crippen molar-refractivity contribution in [3.63, 3.8) is 0 Å². The van der Waals surface area contributed by atoms with E-state index in [1.165, 1.54) is 10.8 Å². The molecule has 0 fully saturated rings. The van der Waals surface area contributed by atoms with E-state index in [9.17, 15) is 9.59 Å². The quantitative estimate of drug-likeness (QED) is 0.688. The van der Waals surface area contributed by atoms with Crippen LogP contribution >= 0.6 is 0 Å². The lowest BCUT2D eigenvalue weighted by Crippen LogP contribution is -2.33. The van der Waals surface area contributed by atoms with Gasteiger partial charge in [0.2, 0.25) is 0 Å². The molecule has 0 unspecified atom stereocenters. The molecule has 0 bridgehead atoms. The van der Waals surface area contributed by atoms with Crippen LogP contribution in [0.1, 0.15) is 12.6 Å². The van der Waals surface area contributed by atoms with E-state index in [-0.39, 0.29) is 18.1 Å². The maximum Gasteiger partial charge on any atom is 0.330 e. The zero-order valence-corrected chi connectivity index (χ0v) is 9.77. The van der Waals surface area contributed by atoms with Crippen molar-refractivity contribution < 1.29 is 4.52 Å². The minimum Gasteiger partial charge on any atom is -0.383 e. The van der Waals surface area contributed by atoms with Crippen molar-refractivity contribution in [2.45, 2.75) is 20.0 Å². The molecule has 0 atom stereocenters. The number of nitrogen functional groups attached to an aromatic ring is 1. The Kier molecular flexibility index (Phi) is 3.18. The molecule has 0 aliphatic heterocycles. The lowest BCUT2D eigenvalue weighted by molar-refractivity contribution is 0.412. The standard InChI is InChI=1S/C10H13N5O3/c1-2-15-8(11)7(9(16)13-10(15)17)12-5-6-3-4-18-14-6/h3-4,12H,2,5,11H2,1H3,(H,13,16,17). The molecule has 0 spiro atoms. The number of aromatic amines is 1. The van der Waals surface area contributed by atoms with Gasteiger partial charge in [-0.15, -0.1) is 0 Å². The minimum absolute atomic E-state index is 0.106. The van der Waals surface area contributed by atoms with Gasteiger partial charge in [0.05, 0.1) is 6.54 Å². The normalized spacial score (nSPS) is 10.5. The summed E-state index contributed by atoms with van der Waals surface area (Å²) in [7, 11) is 0. The van der Waals surface area contributed by atoms with Crippen LogP contribution in [-0.4, -0.2) is 14.7 Å². The molecule has 4 N–H and O–H groups in total. The van der Waals surface area contributed by atoms with Gasteiger partial charge >= 0.3 is 5.69 Å². The van der Waals surface area contributed by atoms with Gasteiger partial charge in [0.1, 0.15) is 23.5 Å². The number of anilines is 2. The van der Waals surface area contributed by atoms with Crippen LogP contribution in [0.15, 0.2) is 26.4 Å². The first-order valence-electron chi connectivity index (χ1n) is 5.39. The van der Waals surface area contributed by atoms with Gasteiger partial charge in [-0.3, -0.25) is 14.3 Å². The predicted molar refractivity (Wildman–Crippen MR) is 65.2 cm³/mol. The van der Waals surface area contributed by atoms with Gasteiger partial charge in [0, 0.05) is 12.6 Å². The number of H-pyrrole nitrogens is 1. The van der Waals surface area contributed by atoms with E-state index >= 15 is 0 Å². The third-order valence-electron chi connectivity index (χ3n) is 2.49. The summed E-state index contributed by atoms with van der Waals surface area (Å²) in [6.45, 7) is 2.42. The largest absolute Gasteiger partial charge is 0.383 e. The van der Waals surface area contributed by atoms with E-state index in [1.54, 1.807) is 13.0 Å². The topological polar surface area (TPSA) is 119 Å². The molecule has 18 heavy (non-hydrogen) atoms. The highest BCUT2D eigenvalue weighted by molar-refractivity contribution is 5.60. The monoisotopic (exact) mass is 251 g/mol. The molecule has 8 heteroatoms. The molecule has 0 aliphatic carbocycles. The van der Waals surface area contributed by atoms with Crippen molar-refractivity contribution in [1.82, 2.24) is 14.7 Å². The molecule has 0 aromatic carbocycles. The fourth-order valence-corrected chi connectivity index (χ4v) is 1.58. The van der Waals surface area contributed by atoms with Gasteiger partial charge in [-0.1, -0.05) is 5.16 Å². The Balaban J connectivity index is 2.33. The highest BCUT2D eigenvalue weighted by atomic mass is 16.5. The van der Waals surface area contributed by atoms with Crippen LogP contribution in [0.5, 0.6) is 0 Å². The minimum atomic E-state index is -0.550. The summed E-state index contributed by atoms with van der Waals surface area (Å²) in [4.78, 5) is 25.3. The molecule has 2 aromatic rings. The van der Waals surface area contributed by atoms with Crippen molar-refractivity contribution in [3.05, 3.63) is 38.9 Å². The molecular formula is C10H13N5O3. The maximum atomic E-state index is 11.6. The molecule has 8 nitrogen and oxygen atoms in total. The molecular weight excluding hydrogens is 238 g/mol. The second-order valence-corrected chi connectivity index (χ2v) is 3.61. The zero-order valence-electron chi connectivity index (χ0n) is 9.77. The van der Waals surface area contributed by atoms with Crippen LogP contribution in [0.25, 0.3) is 0 Å². The first kappa shape index (κ1) is 12.0. The smallest absolute Gasteiger partial charge is 0.330 e. The Morgan fingerprint density at radius 2 is 2.33 bits per heavy atom. The summed E-state index contributed by atoms with van der Waals surface area (Å²) in [5, 5.41) is 6.53. The zero-order chi connectivity index (χ0) is 13.1. The van der Waals surface area contributed by atoms with Crippen LogP contribution in [0, 0.1) is 0 Å². The van der Waals surface area contributed by atoms with Crippen molar-refractivity contribution in [1.29, 1.82) is 0 Å². The lowest BCUT2D eigenvalue weighted by Gasteiger charge is -2.11. The van der Waals surface area contributed by atoms with Gasteiger partial charge in [0.15, 0.2) is 0 Å². The molecule has 2 heterocycles. The molecule has 0 aliphatic rings. The van der Waals surface area contributed by atoms with Crippen LogP contribution in [0.2, 0.25) is 0 Å². The number of nitrogens with two attached hydrogens (primary N) is 1. The predicted octanol–water partition coefficient (Wildman–Crippen LogP) is -0.261. The van der Waals surface area contributed by atoms with Crippen LogP contribution in [0.3, 0.4) is 0 Å². The van der Waals surface area contributed by atoms with Crippen molar-refractivity contribution >= 4 is 11.5 Å². The summed E-state index contributed by atoms with van der Waals surface area (Å²) >= 11 is 0. The van der Waals surface area contributed by atoms with Gasteiger partial charge < -0.3 is 15.6 Å². The number of nitrogens with zero attached hydrogens (tertiary/aromatic N) is 2. The molecule has 0 radical (unpaired) electrons. The Morgan fingerprint density at radius 3 is 2.94 bits per heavy atom. The van der Waals surface area contributed by atoms with Gasteiger partial charge in [-0.05, 0) is 6.92 Å². The lowest BCUT2D eigenvalue weighted by atomic mass is 10.4. The Morgan fingerprint density at radius 1 is 1.56 bits per heavy atom. The highest BCUT2D eigenvalue weighted by Crippen LogP contribution is 2.10. The van der Waals surface area contributed by atoms with E-state index in [0.717, 1.165) is 0 Å². The number of hydrogen-bond acceptors (Lipinski definition) is 6. The average molecular weight is 251 g/mol. The Labute approximate surface area is 101 Å². The third kappa shape index (κ3) is 2.12. The SMILES string of the molecule is CCn1c(N)c(NCc2ccon2)c(=O)[nH]c1=O. The fourth-order valence-electron chi connectivity index (χ4n) is 1.58. The molecule has 96 valence electrons. The first-order chi connectivity index (χ1) is 8.63. The maximum absolute atomic E-state index is 11.6. The summed E-state index contributed by atoms with van der Waals surface area (Å²) in [5.74, 6) is 0.106. The number of aromatic nitrogens is 3. The van der Waals surface area contributed by atoms with Gasteiger partial charge in [-0.25, -0.2) is 4.79 Å². The number of nitrogens with one attached hydrogen (secondary N) is 2. The van der Waals surface area contributed by atoms with Gasteiger partial charge in [0.25, 0.3) is 5.56 Å². The Bertz CT molecular complexity index is 641. The van der Waals surface area contributed by atoms with Crippen molar-refractivity contribution in [2.75, 3.05) is 11.1 Å². The molecule has 0 amide bonds. The van der Waals surface area contributed by atoms with E-state index in [2.05, 4.69) is 20.0 Å². The molecule has 0 saturated heterocycles. The number of rotatable bonds is 4. The molecule has 2 aromatic heterocycles.